The summed E-state index contributed by atoms with van der Waals surface area (Å²) in [4.78, 5) is 1.44. The maximum absolute atomic E-state index is 10.7. The number of aromatic hydroxyl groups is 1. The number of fused-ring (bicyclic) bond motifs is 1. The molecule has 1 heterocycles. The molecule has 0 unspecified atom stereocenters. The minimum atomic E-state index is 0.112. The molecule has 4 rings (SSSR count). The van der Waals surface area contributed by atoms with Crippen LogP contribution in [0.4, 0.5) is 0 Å². The van der Waals surface area contributed by atoms with Gasteiger partial charge in [-0.25, -0.2) is 0 Å². The number of quaternary nitrogens is 1. The van der Waals surface area contributed by atoms with E-state index in [0.29, 0.717) is 5.75 Å². The molecule has 0 spiro atoms. The lowest BCUT2D eigenvalue weighted by Crippen LogP contribution is -3.14. The average Bonchev–Trinajstić information content (AvgIpc) is 2.66. The van der Waals surface area contributed by atoms with E-state index < -0.39 is 0 Å². The van der Waals surface area contributed by atoms with E-state index in [9.17, 15) is 5.11 Å². The zero-order chi connectivity index (χ0) is 16.4. The monoisotopic (exact) mass is 320 g/mol. The van der Waals surface area contributed by atoms with Gasteiger partial charge in [-0.2, -0.15) is 0 Å². The fraction of sp³-hybridized carbons (Fsp3) is 0.238. The Morgan fingerprint density at radius 1 is 0.833 bits per heavy atom. The van der Waals surface area contributed by atoms with E-state index in [2.05, 4.69) is 36.4 Å². The van der Waals surface area contributed by atoms with Crippen LogP contribution in [-0.2, 0) is 4.74 Å². The number of nitrogens with one attached hydrogen (secondary N) is 1. The molecule has 24 heavy (non-hydrogen) atoms. The molecule has 0 aliphatic carbocycles. The van der Waals surface area contributed by atoms with Crippen molar-refractivity contribution in [3.63, 3.8) is 0 Å². The molecular weight excluding hydrogens is 298 g/mol. The van der Waals surface area contributed by atoms with E-state index in [-0.39, 0.29) is 6.04 Å². The van der Waals surface area contributed by atoms with Crippen LogP contribution in [0.3, 0.4) is 0 Å². The van der Waals surface area contributed by atoms with Gasteiger partial charge in [0.1, 0.15) is 24.9 Å². The second-order valence-corrected chi connectivity index (χ2v) is 6.33. The van der Waals surface area contributed by atoms with Crippen LogP contribution in [0.5, 0.6) is 5.75 Å². The molecule has 3 aromatic rings. The van der Waals surface area contributed by atoms with Crippen molar-refractivity contribution in [3.05, 3.63) is 77.9 Å². The summed E-state index contributed by atoms with van der Waals surface area (Å²) in [6, 6.07) is 22.7. The Morgan fingerprint density at radius 3 is 2.33 bits per heavy atom. The highest BCUT2D eigenvalue weighted by molar-refractivity contribution is 5.88. The molecule has 122 valence electrons. The molecule has 2 N–H and O–H groups in total. The van der Waals surface area contributed by atoms with Crippen LogP contribution in [0.25, 0.3) is 10.8 Å². The Hall–Kier alpha value is -2.36. The smallest absolute Gasteiger partial charge is 0.143 e. The van der Waals surface area contributed by atoms with Crippen LogP contribution >= 0.6 is 0 Å². The molecule has 0 aromatic heterocycles. The highest BCUT2D eigenvalue weighted by atomic mass is 16.5. The van der Waals surface area contributed by atoms with Gasteiger partial charge in [-0.15, -0.1) is 0 Å². The molecule has 0 bridgehead atoms. The molecule has 1 aliphatic heterocycles. The Balaban J connectivity index is 1.92. The van der Waals surface area contributed by atoms with Crippen LogP contribution in [0, 0.1) is 0 Å². The van der Waals surface area contributed by atoms with Gasteiger partial charge in [0.15, 0.2) is 0 Å². The normalized spacial score (nSPS) is 17.0. The minimum Gasteiger partial charge on any atom is -0.507 e. The lowest BCUT2D eigenvalue weighted by atomic mass is 9.91. The molecule has 1 atom stereocenters. The third-order valence-electron chi connectivity index (χ3n) is 4.91. The number of phenolic OH excluding ortho intramolecular Hbond substituents is 1. The van der Waals surface area contributed by atoms with E-state index in [1.807, 2.05) is 30.3 Å². The summed E-state index contributed by atoms with van der Waals surface area (Å²) in [6.07, 6.45) is 0. The van der Waals surface area contributed by atoms with Gasteiger partial charge in [0.25, 0.3) is 0 Å². The van der Waals surface area contributed by atoms with Gasteiger partial charge in [0.2, 0.25) is 0 Å². The van der Waals surface area contributed by atoms with Gasteiger partial charge < -0.3 is 14.7 Å². The fourth-order valence-corrected chi connectivity index (χ4v) is 3.76. The Bertz CT molecular complexity index is 826. The predicted molar refractivity (Wildman–Crippen MR) is 95.4 cm³/mol. The molecule has 0 amide bonds. The van der Waals surface area contributed by atoms with E-state index in [4.69, 9.17) is 4.74 Å². The quantitative estimate of drug-likeness (QED) is 0.778. The van der Waals surface area contributed by atoms with Crippen LogP contribution in [-0.4, -0.2) is 31.4 Å². The van der Waals surface area contributed by atoms with Gasteiger partial charge in [-0.1, -0.05) is 60.7 Å². The number of hydrogen-bond donors (Lipinski definition) is 2. The molecule has 0 radical (unpaired) electrons. The SMILES string of the molecule is Oc1ccc2ccccc2c1[C@H](c1ccccc1)[NH+]1CCOCC1. The number of benzene rings is 3. The summed E-state index contributed by atoms with van der Waals surface area (Å²) in [5.41, 5.74) is 2.26. The fourth-order valence-electron chi connectivity index (χ4n) is 3.76. The molecule has 1 aliphatic rings. The first-order chi connectivity index (χ1) is 11.8. The van der Waals surface area contributed by atoms with E-state index in [1.165, 1.54) is 15.8 Å². The van der Waals surface area contributed by atoms with Crippen LogP contribution in [0.15, 0.2) is 66.7 Å². The van der Waals surface area contributed by atoms with Crippen LogP contribution in [0.1, 0.15) is 17.2 Å². The Labute approximate surface area is 142 Å². The topological polar surface area (TPSA) is 33.9 Å². The summed E-state index contributed by atoms with van der Waals surface area (Å²) >= 11 is 0. The van der Waals surface area contributed by atoms with Crippen molar-refractivity contribution >= 4 is 10.8 Å². The second-order valence-electron chi connectivity index (χ2n) is 6.33. The van der Waals surface area contributed by atoms with Gasteiger partial charge in [-0.3, -0.25) is 0 Å². The number of ether oxygens (including phenoxy) is 1. The Morgan fingerprint density at radius 2 is 1.54 bits per heavy atom. The Kier molecular flexibility index (Phi) is 4.20. The molecule has 0 saturated carbocycles. The average molecular weight is 320 g/mol. The standard InChI is InChI=1S/C21H21NO2/c23-19-11-10-16-6-4-5-9-18(16)20(19)21(17-7-2-1-3-8-17)22-12-14-24-15-13-22/h1-11,21,23H,12-15H2/p+1/t21-/m0/s1. The number of hydrogen-bond acceptors (Lipinski definition) is 2. The molecule has 1 fully saturated rings. The number of morpholine rings is 1. The predicted octanol–water partition coefficient (Wildman–Crippen LogP) is 2.55. The lowest BCUT2D eigenvalue weighted by Gasteiger charge is -2.33. The summed E-state index contributed by atoms with van der Waals surface area (Å²) < 4.78 is 5.56. The minimum absolute atomic E-state index is 0.112. The molecule has 1 saturated heterocycles. The largest absolute Gasteiger partial charge is 0.507 e. The summed E-state index contributed by atoms with van der Waals surface area (Å²) in [5, 5.41) is 13.0. The number of phenols is 1. The van der Waals surface area contributed by atoms with Crippen LogP contribution < -0.4 is 4.90 Å². The summed E-state index contributed by atoms with van der Waals surface area (Å²) in [6.45, 7) is 3.43. The third-order valence-corrected chi connectivity index (χ3v) is 4.91. The highest BCUT2D eigenvalue weighted by Gasteiger charge is 2.31. The van der Waals surface area contributed by atoms with E-state index >= 15 is 0 Å². The van der Waals surface area contributed by atoms with Crippen molar-refractivity contribution in [1.29, 1.82) is 0 Å². The van der Waals surface area contributed by atoms with E-state index in [0.717, 1.165) is 37.3 Å². The maximum Gasteiger partial charge on any atom is 0.143 e. The molecular formula is C21H22NO2+. The zero-order valence-electron chi connectivity index (χ0n) is 13.6. The number of rotatable bonds is 3. The van der Waals surface area contributed by atoms with Gasteiger partial charge in [-0.05, 0) is 16.8 Å². The van der Waals surface area contributed by atoms with Crippen molar-refractivity contribution in [2.24, 2.45) is 0 Å². The third kappa shape index (κ3) is 2.77. The first-order valence-corrected chi connectivity index (χ1v) is 8.52. The van der Waals surface area contributed by atoms with Crippen molar-refractivity contribution in [1.82, 2.24) is 0 Å². The second kappa shape index (κ2) is 6.63. The first-order valence-electron chi connectivity index (χ1n) is 8.52. The molecule has 3 nitrogen and oxygen atoms in total. The van der Waals surface area contributed by atoms with Crippen molar-refractivity contribution in [2.45, 2.75) is 6.04 Å². The van der Waals surface area contributed by atoms with Crippen LogP contribution in [0.2, 0.25) is 0 Å². The summed E-state index contributed by atoms with van der Waals surface area (Å²) in [5.74, 6) is 0.376. The maximum atomic E-state index is 10.7. The van der Waals surface area contributed by atoms with Crippen molar-refractivity contribution in [3.8, 4) is 5.75 Å². The lowest BCUT2D eigenvalue weighted by molar-refractivity contribution is -0.933. The molecule has 3 aromatic carbocycles. The first kappa shape index (κ1) is 15.2. The molecule has 3 heteroatoms. The van der Waals surface area contributed by atoms with Gasteiger partial charge >= 0.3 is 0 Å². The van der Waals surface area contributed by atoms with Crippen molar-refractivity contribution < 1.29 is 14.7 Å². The highest BCUT2D eigenvalue weighted by Crippen LogP contribution is 2.34. The van der Waals surface area contributed by atoms with Crippen molar-refractivity contribution in [2.75, 3.05) is 26.3 Å². The van der Waals surface area contributed by atoms with Gasteiger partial charge in [0.05, 0.1) is 18.8 Å². The van der Waals surface area contributed by atoms with Gasteiger partial charge in [0, 0.05) is 5.56 Å². The summed E-state index contributed by atoms with van der Waals surface area (Å²) in [7, 11) is 0. The zero-order valence-corrected chi connectivity index (χ0v) is 13.6. The van der Waals surface area contributed by atoms with E-state index in [1.54, 1.807) is 0 Å².